The first-order valence-corrected chi connectivity index (χ1v) is 13.0. The smallest absolute Gasteiger partial charge is 0.416 e. The molecule has 0 spiro atoms. The molecule has 0 aliphatic carbocycles. The number of carbonyl (C=O) groups excluding carboxylic acids is 1. The Hall–Kier alpha value is -5.44. The molecular weight excluding hydrogens is 541 g/mol. The van der Waals surface area contributed by atoms with Gasteiger partial charge < -0.3 is 9.67 Å². The van der Waals surface area contributed by atoms with Crippen molar-refractivity contribution >= 4 is 33.9 Å². The minimum absolute atomic E-state index is 0.128. The van der Waals surface area contributed by atoms with Crippen molar-refractivity contribution in [3.8, 4) is 17.0 Å². The predicted octanol–water partition coefficient (Wildman–Crippen LogP) is 7.39. The van der Waals surface area contributed by atoms with Gasteiger partial charge in [-0.3, -0.25) is 4.79 Å². The van der Waals surface area contributed by atoms with E-state index in [-0.39, 0.29) is 12.3 Å². The predicted molar refractivity (Wildman–Crippen MR) is 156 cm³/mol. The Kier molecular flexibility index (Phi) is 6.92. The van der Waals surface area contributed by atoms with Crippen LogP contribution in [0.1, 0.15) is 27.0 Å². The molecule has 4 aromatic carbocycles. The van der Waals surface area contributed by atoms with E-state index in [0.717, 1.165) is 28.6 Å². The number of hydrogen-bond donors (Lipinski definition) is 2. The van der Waals surface area contributed by atoms with E-state index in [1.807, 2.05) is 53.1 Å². The van der Waals surface area contributed by atoms with Gasteiger partial charge in [0.05, 0.1) is 28.6 Å². The summed E-state index contributed by atoms with van der Waals surface area (Å²) >= 11 is 0. The monoisotopic (exact) mass is 564 g/mol. The number of halogens is 3. The lowest BCUT2D eigenvalue weighted by molar-refractivity contribution is -0.137. The molecule has 42 heavy (non-hydrogen) atoms. The van der Waals surface area contributed by atoms with E-state index in [0.29, 0.717) is 33.3 Å². The molecule has 0 saturated heterocycles. The van der Waals surface area contributed by atoms with Gasteiger partial charge in [-0.2, -0.15) is 18.3 Å². The molecular formula is C33H23F3N4O2. The molecule has 2 N–H and O–H groups in total. The third-order valence-electron chi connectivity index (χ3n) is 6.92. The Morgan fingerprint density at radius 3 is 2.43 bits per heavy atom. The Bertz CT molecular complexity index is 1960. The first kappa shape index (κ1) is 26.8. The molecule has 0 radical (unpaired) electrons. The molecule has 0 atom stereocenters. The standard InChI is InChI=1S/C33H23F3N4O2/c34-33(35,36)24-7-5-6-21(16-24)19-40-20-23(26-8-2-4-11-31(26)40)18-37-39-32(42)28-17-30(22-12-14-25(41)15-13-22)38-29-10-3-1-9-27(28)29/h1-18,20,41H,19H2,(H,39,42)/b37-18-. The molecule has 2 aromatic heterocycles. The lowest BCUT2D eigenvalue weighted by atomic mass is 10.0. The molecule has 0 saturated carbocycles. The minimum atomic E-state index is -4.42. The van der Waals surface area contributed by atoms with E-state index in [9.17, 15) is 23.1 Å². The highest BCUT2D eigenvalue weighted by atomic mass is 19.4. The number of aromatic hydroxyl groups is 1. The normalized spacial score (nSPS) is 11.9. The molecule has 6 nitrogen and oxygen atoms in total. The fourth-order valence-electron chi connectivity index (χ4n) is 4.92. The molecule has 0 aliphatic heterocycles. The summed E-state index contributed by atoms with van der Waals surface area (Å²) in [7, 11) is 0. The summed E-state index contributed by atoms with van der Waals surface area (Å²) in [5.41, 5.74) is 6.26. The lowest BCUT2D eigenvalue weighted by Crippen LogP contribution is -2.18. The van der Waals surface area contributed by atoms with Crippen molar-refractivity contribution in [3.05, 3.63) is 132 Å². The van der Waals surface area contributed by atoms with Crippen molar-refractivity contribution < 1.29 is 23.1 Å². The average Bonchev–Trinajstić information content (AvgIpc) is 3.33. The molecule has 9 heteroatoms. The number of alkyl halides is 3. The number of nitrogens with one attached hydrogen (secondary N) is 1. The molecule has 0 fully saturated rings. The number of hydrazone groups is 1. The number of pyridine rings is 1. The average molecular weight is 565 g/mol. The lowest BCUT2D eigenvalue weighted by Gasteiger charge is -2.10. The fourth-order valence-corrected chi connectivity index (χ4v) is 4.92. The minimum Gasteiger partial charge on any atom is -0.508 e. The van der Waals surface area contributed by atoms with E-state index >= 15 is 0 Å². The molecule has 6 rings (SSSR count). The second-order valence-electron chi connectivity index (χ2n) is 9.75. The van der Waals surface area contributed by atoms with Crippen molar-refractivity contribution in [2.45, 2.75) is 12.7 Å². The maximum atomic E-state index is 13.3. The third kappa shape index (κ3) is 5.44. The van der Waals surface area contributed by atoms with Gasteiger partial charge in [0, 0.05) is 40.2 Å². The van der Waals surface area contributed by atoms with Crippen LogP contribution in [0.25, 0.3) is 33.1 Å². The number of amides is 1. The van der Waals surface area contributed by atoms with E-state index in [1.54, 1.807) is 42.6 Å². The second kappa shape index (κ2) is 10.9. The van der Waals surface area contributed by atoms with Crippen molar-refractivity contribution in [2.75, 3.05) is 0 Å². The zero-order valence-electron chi connectivity index (χ0n) is 22.0. The van der Waals surface area contributed by atoms with Gasteiger partial charge in [-0.25, -0.2) is 10.4 Å². The van der Waals surface area contributed by atoms with Crippen LogP contribution in [0.15, 0.2) is 114 Å². The van der Waals surface area contributed by atoms with Crippen molar-refractivity contribution in [3.63, 3.8) is 0 Å². The summed E-state index contributed by atoms with van der Waals surface area (Å²) in [5.74, 6) is -0.305. The number of aromatic nitrogens is 2. The Labute approximate surface area is 238 Å². The zero-order chi connectivity index (χ0) is 29.3. The first-order valence-electron chi connectivity index (χ1n) is 13.0. The number of phenols is 1. The summed E-state index contributed by atoms with van der Waals surface area (Å²) < 4.78 is 41.5. The van der Waals surface area contributed by atoms with Crippen LogP contribution in [0, 0.1) is 0 Å². The highest BCUT2D eigenvalue weighted by Crippen LogP contribution is 2.30. The van der Waals surface area contributed by atoms with Gasteiger partial charge in [0.1, 0.15) is 5.75 Å². The number of benzene rings is 4. The van der Waals surface area contributed by atoms with Gasteiger partial charge in [-0.1, -0.05) is 48.5 Å². The molecule has 2 heterocycles. The molecule has 0 unspecified atom stereocenters. The topological polar surface area (TPSA) is 79.5 Å². The number of nitrogens with zero attached hydrogens (tertiary/aromatic N) is 3. The van der Waals surface area contributed by atoms with Gasteiger partial charge in [-0.05, 0) is 60.2 Å². The number of hydrogen-bond acceptors (Lipinski definition) is 4. The summed E-state index contributed by atoms with van der Waals surface area (Å²) in [6, 6.07) is 28.3. The Morgan fingerprint density at radius 2 is 1.64 bits per heavy atom. The molecule has 0 bridgehead atoms. The van der Waals surface area contributed by atoms with Crippen LogP contribution in [-0.4, -0.2) is 26.8 Å². The third-order valence-corrected chi connectivity index (χ3v) is 6.92. The van der Waals surface area contributed by atoms with Crippen LogP contribution in [-0.2, 0) is 12.7 Å². The number of phenolic OH excluding ortho intramolecular Hbond substituents is 1. The largest absolute Gasteiger partial charge is 0.508 e. The fraction of sp³-hybridized carbons (Fsp3) is 0.0606. The van der Waals surface area contributed by atoms with Crippen LogP contribution >= 0.6 is 0 Å². The highest BCUT2D eigenvalue weighted by molar-refractivity contribution is 6.07. The number of rotatable bonds is 6. The van der Waals surface area contributed by atoms with Crippen molar-refractivity contribution in [1.29, 1.82) is 0 Å². The van der Waals surface area contributed by atoms with Gasteiger partial charge in [0.2, 0.25) is 0 Å². The SMILES string of the molecule is O=C(N/N=C\c1cn(Cc2cccc(C(F)(F)F)c2)c2ccccc12)c1cc(-c2ccc(O)cc2)nc2ccccc12. The van der Waals surface area contributed by atoms with Crippen LogP contribution in [0.5, 0.6) is 5.75 Å². The Balaban J connectivity index is 1.28. The summed E-state index contributed by atoms with van der Waals surface area (Å²) in [5, 5.41) is 15.4. The van der Waals surface area contributed by atoms with E-state index in [1.165, 1.54) is 12.3 Å². The quantitative estimate of drug-likeness (QED) is 0.164. The highest BCUT2D eigenvalue weighted by Gasteiger charge is 2.30. The number of fused-ring (bicyclic) bond motifs is 2. The van der Waals surface area contributed by atoms with Gasteiger partial charge in [-0.15, -0.1) is 0 Å². The number of carbonyl (C=O) groups is 1. The van der Waals surface area contributed by atoms with Gasteiger partial charge in [0.15, 0.2) is 0 Å². The molecule has 0 aliphatic rings. The summed E-state index contributed by atoms with van der Waals surface area (Å²) in [4.78, 5) is 18.0. The van der Waals surface area contributed by atoms with Crippen molar-refractivity contribution in [2.24, 2.45) is 5.10 Å². The maximum absolute atomic E-state index is 13.3. The Morgan fingerprint density at radius 1 is 0.905 bits per heavy atom. The van der Waals surface area contributed by atoms with Crippen LogP contribution in [0.4, 0.5) is 13.2 Å². The maximum Gasteiger partial charge on any atom is 0.416 e. The van der Waals surface area contributed by atoms with Crippen LogP contribution in [0.2, 0.25) is 0 Å². The van der Waals surface area contributed by atoms with E-state index in [4.69, 9.17) is 0 Å². The summed E-state index contributed by atoms with van der Waals surface area (Å²) in [6.45, 7) is 0.230. The molecule has 208 valence electrons. The number of para-hydroxylation sites is 2. The van der Waals surface area contributed by atoms with Crippen LogP contribution in [0.3, 0.4) is 0 Å². The summed E-state index contributed by atoms with van der Waals surface area (Å²) in [6.07, 6.45) is -1.10. The van der Waals surface area contributed by atoms with E-state index in [2.05, 4.69) is 15.5 Å². The van der Waals surface area contributed by atoms with Gasteiger partial charge in [0.25, 0.3) is 5.91 Å². The second-order valence-corrected chi connectivity index (χ2v) is 9.75. The zero-order valence-corrected chi connectivity index (χ0v) is 22.0. The van der Waals surface area contributed by atoms with E-state index < -0.39 is 17.6 Å². The van der Waals surface area contributed by atoms with Crippen LogP contribution < -0.4 is 5.43 Å². The van der Waals surface area contributed by atoms with Crippen molar-refractivity contribution in [1.82, 2.24) is 15.0 Å². The molecule has 6 aromatic rings. The van der Waals surface area contributed by atoms with Gasteiger partial charge >= 0.3 is 6.18 Å². The molecule has 1 amide bonds. The first-order chi connectivity index (χ1) is 20.3.